The predicted octanol–water partition coefficient (Wildman–Crippen LogP) is 2.57. The van der Waals surface area contributed by atoms with Crippen LogP contribution in [0.5, 0.6) is 5.75 Å². The fraction of sp³-hybridized carbons (Fsp3) is 0.556. The Morgan fingerprint density at radius 2 is 2.00 bits per heavy atom. The van der Waals surface area contributed by atoms with Gasteiger partial charge < -0.3 is 14.4 Å². The van der Waals surface area contributed by atoms with Crippen molar-refractivity contribution in [1.29, 1.82) is 0 Å². The Morgan fingerprint density at radius 1 is 1.26 bits per heavy atom. The fourth-order valence-electron chi connectivity index (χ4n) is 2.74. The van der Waals surface area contributed by atoms with Crippen LogP contribution < -0.4 is 4.74 Å². The predicted molar refractivity (Wildman–Crippen MR) is 87.2 cm³/mol. The molecule has 0 aromatic heterocycles. The first-order chi connectivity index (χ1) is 11.1. The fourth-order valence-corrected chi connectivity index (χ4v) is 2.74. The van der Waals surface area contributed by atoms with Gasteiger partial charge in [-0.25, -0.2) is 0 Å². The van der Waals surface area contributed by atoms with Crippen molar-refractivity contribution in [3.05, 3.63) is 29.8 Å². The van der Waals surface area contributed by atoms with Gasteiger partial charge in [-0.05, 0) is 44.4 Å². The third-order valence-electron chi connectivity index (χ3n) is 4.04. The molecule has 5 heteroatoms. The number of benzene rings is 1. The van der Waals surface area contributed by atoms with Crippen molar-refractivity contribution in [2.24, 2.45) is 5.92 Å². The first kappa shape index (κ1) is 17.3. The molecule has 1 aromatic carbocycles. The second kappa shape index (κ2) is 8.56. The Kier molecular flexibility index (Phi) is 6.44. The number of hydrogen-bond acceptors (Lipinski definition) is 4. The molecule has 1 aliphatic rings. The quantitative estimate of drug-likeness (QED) is 0.756. The molecule has 0 N–H and O–H groups in total. The van der Waals surface area contributed by atoms with E-state index < -0.39 is 0 Å². The lowest BCUT2D eigenvalue weighted by molar-refractivity contribution is -0.151. The number of carbonyl (C=O) groups is 2. The van der Waals surface area contributed by atoms with Gasteiger partial charge in [0.05, 0.1) is 25.6 Å². The van der Waals surface area contributed by atoms with Crippen molar-refractivity contribution in [1.82, 2.24) is 4.90 Å². The van der Waals surface area contributed by atoms with Crippen LogP contribution in [0.3, 0.4) is 0 Å². The number of likely N-dealkylation sites (tertiary alicyclic amines) is 1. The van der Waals surface area contributed by atoms with E-state index in [1.54, 1.807) is 0 Å². The number of amides is 1. The maximum Gasteiger partial charge on any atom is 0.309 e. The van der Waals surface area contributed by atoms with E-state index in [1.165, 1.54) is 0 Å². The molecule has 1 heterocycles. The first-order valence-electron chi connectivity index (χ1n) is 8.24. The van der Waals surface area contributed by atoms with Crippen LogP contribution in [-0.4, -0.2) is 43.1 Å². The number of hydrogen-bond donors (Lipinski definition) is 0. The molecule has 1 aromatic rings. The zero-order valence-corrected chi connectivity index (χ0v) is 13.9. The van der Waals surface area contributed by atoms with Gasteiger partial charge in [-0.1, -0.05) is 12.1 Å². The largest absolute Gasteiger partial charge is 0.493 e. The minimum Gasteiger partial charge on any atom is -0.493 e. The minimum atomic E-state index is -0.137. The summed E-state index contributed by atoms with van der Waals surface area (Å²) in [6.45, 7) is 5.84. The van der Waals surface area contributed by atoms with Crippen LogP contribution in [0, 0.1) is 12.8 Å². The molecule has 126 valence electrons. The Hall–Kier alpha value is -2.04. The van der Waals surface area contributed by atoms with Crippen LogP contribution in [0.25, 0.3) is 0 Å². The smallest absolute Gasteiger partial charge is 0.309 e. The highest BCUT2D eigenvalue weighted by Gasteiger charge is 2.27. The number of ether oxygens (including phenoxy) is 2. The second-order valence-electron chi connectivity index (χ2n) is 5.82. The third-order valence-corrected chi connectivity index (χ3v) is 4.04. The number of rotatable bonds is 6. The highest BCUT2D eigenvalue weighted by Crippen LogP contribution is 2.19. The number of esters is 1. The second-order valence-corrected chi connectivity index (χ2v) is 5.82. The van der Waals surface area contributed by atoms with Crippen LogP contribution in [0.2, 0.25) is 0 Å². The summed E-state index contributed by atoms with van der Waals surface area (Å²) in [6.07, 6.45) is 1.73. The monoisotopic (exact) mass is 319 g/mol. The van der Waals surface area contributed by atoms with Gasteiger partial charge in [-0.15, -0.1) is 0 Å². The van der Waals surface area contributed by atoms with Gasteiger partial charge in [0.25, 0.3) is 0 Å². The highest BCUT2D eigenvalue weighted by atomic mass is 16.5. The number of nitrogens with zero attached hydrogens (tertiary/aromatic N) is 1. The normalized spacial score (nSPS) is 15.3. The Labute approximate surface area is 137 Å². The van der Waals surface area contributed by atoms with E-state index in [-0.39, 0.29) is 17.8 Å². The van der Waals surface area contributed by atoms with E-state index in [4.69, 9.17) is 9.47 Å². The molecule has 0 saturated carbocycles. The number of piperidine rings is 1. The molecule has 1 saturated heterocycles. The first-order valence-corrected chi connectivity index (χ1v) is 8.24. The van der Waals surface area contributed by atoms with E-state index in [0.29, 0.717) is 45.6 Å². The lowest BCUT2D eigenvalue weighted by Crippen LogP contribution is -2.41. The molecule has 5 nitrogen and oxygen atoms in total. The Morgan fingerprint density at radius 3 is 2.65 bits per heavy atom. The van der Waals surface area contributed by atoms with Gasteiger partial charge in [0.1, 0.15) is 5.75 Å². The summed E-state index contributed by atoms with van der Waals surface area (Å²) in [6, 6.07) is 7.79. The van der Waals surface area contributed by atoms with Crippen molar-refractivity contribution >= 4 is 11.9 Å². The van der Waals surface area contributed by atoms with Crippen LogP contribution in [0.4, 0.5) is 0 Å². The average Bonchev–Trinajstić information content (AvgIpc) is 2.55. The van der Waals surface area contributed by atoms with Crippen molar-refractivity contribution in [2.45, 2.75) is 33.1 Å². The van der Waals surface area contributed by atoms with Gasteiger partial charge in [-0.2, -0.15) is 0 Å². The molecular formula is C18H25NO4. The molecule has 0 bridgehead atoms. The SMILES string of the molecule is CCOC(=O)C1CCN(C(=O)CCOc2cccc(C)c2)CC1. The van der Waals surface area contributed by atoms with Gasteiger partial charge in [0, 0.05) is 13.1 Å². The molecule has 1 fully saturated rings. The molecule has 0 atom stereocenters. The number of aryl methyl sites for hydroxylation is 1. The third kappa shape index (κ3) is 5.27. The molecule has 0 unspecified atom stereocenters. The van der Waals surface area contributed by atoms with Gasteiger partial charge in [0.2, 0.25) is 5.91 Å². The Bertz CT molecular complexity index is 536. The summed E-state index contributed by atoms with van der Waals surface area (Å²) < 4.78 is 10.7. The summed E-state index contributed by atoms with van der Waals surface area (Å²) in [7, 11) is 0. The summed E-state index contributed by atoms with van der Waals surface area (Å²) in [5.41, 5.74) is 1.13. The summed E-state index contributed by atoms with van der Waals surface area (Å²) in [4.78, 5) is 25.7. The molecule has 0 aliphatic carbocycles. The van der Waals surface area contributed by atoms with Crippen LogP contribution >= 0.6 is 0 Å². The zero-order chi connectivity index (χ0) is 16.7. The summed E-state index contributed by atoms with van der Waals surface area (Å²) >= 11 is 0. The van der Waals surface area contributed by atoms with Crippen LogP contribution in [0.15, 0.2) is 24.3 Å². The highest BCUT2D eigenvalue weighted by molar-refractivity contribution is 5.77. The Balaban J connectivity index is 1.70. The van der Waals surface area contributed by atoms with Crippen molar-refractivity contribution in [3.8, 4) is 5.75 Å². The van der Waals surface area contributed by atoms with Crippen LogP contribution in [-0.2, 0) is 14.3 Å². The van der Waals surface area contributed by atoms with Crippen molar-refractivity contribution in [2.75, 3.05) is 26.3 Å². The molecule has 23 heavy (non-hydrogen) atoms. The summed E-state index contributed by atoms with van der Waals surface area (Å²) in [5.74, 6) is 0.670. The van der Waals surface area contributed by atoms with Gasteiger partial charge in [-0.3, -0.25) is 9.59 Å². The van der Waals surface area contributed by atoms with Crippen molar-refractivity contribution in [3.63, 3.8) is 0 Å². The van der Waals surface area contributed by atoms with E-state index in [0.717, 1.165) is 11.3 Å². The van der Waals surface area contributed by atoms with Gasteiger partial charge in [0.15, 0.2) is 0 Å². The minimum absolute atomic E-state index is 0.0671. The van der Waals surface area contributed by atoms with E-state index in [1.807, 2.05) is 43.0 Å². The van der Waals surface area contributed by atoms with E-state index >= 15 is 0 Å². The molecule has 1 aliphatic heterocycles. The molecule has 1 amide bonds. The average molecular weight is 319 g/mol. The van der Waals surface area contributed by atoms with E-state index in [9.17, 15) is 9.59 Å². The van der Waals surface area contributed by atoms with Gasteiger partial charge >= 0.3 is 5.97 Å². The van der Waals surface area contributed by atoms with Crippen LogP contribution in [0.1, 0.15) is 31.7 Å². The molecule has 0 radical (unpaired) electrons. The zero-order valence-electron chi connectivity index (χ0n) is 13.9. The maximum atomic E-state index is 12.2. The summed E-state index contributed by atoms with van der Waals surface area (Å²) in [5, 5.41) is 0. The molecule has 0 spiro atoms. The van der Waals surface area contributed by atoms with E-state index in [2.05, 4.69) is 0 Å². The maximum absolute atomic E-state index is 12.2. The molecular weight excluding hydrogens is 294 g/mol. The lowest BCUT2D eigenvalue weighted by Gasteiger charge is -2.30. The lowest BCUT2D eigenvalue weighted by atomic mass is 9.97. The number of carbonyl (C=O) groups excluding carboxylic acids is 2. The standard InChI is InChI=1S/C18H25NO4/c1-3-22-18(21)15-7-10-19(11-8-15)17(20)9-12-23-16-6-4-5-14(2)13-16/h4-6,13,15H,3,7-12H2,1-2H3. The van der Waals surface area contributed by atoms with Crippen molar-refractivity contribution < 1.29 is 19.1 Å². The topological polar surface area (TPSA) is 55.8 Å². The molecule has 2 rings (SSSR count).